The van der Waals surface area contributed by atoms with Crippen LogP contribution in [0.3, 0.4) is 0 Å². The van der Waals surface area contributed by atoms with E-state index in [4.69, 9.17) is 4.74 Å². The van der Waals surface area contributed by atoms with Crippen LogP contribution in [0.25, 0.3) is 0 Å². The smallest absolute Gasteiger partial charge is 0.305 e. The summed E-state index contributed by atoms with van der Waals surface area (Å²) in [5.74, 6) is -0.0443. The van der Waals surface area contributed by atoms with Crippen LogP contribution in [0, 0.1) is 0 Å². The molecule has 6 heteroatoms. The van der Waals surface area contributed by atoms with Crippen LogP contribution in [-0.2, 0) is 14.3 Å². The summed E-state index contributed by atoms with van der Waals surface area (Å²) < 4.78 is 5.48. The molecule has 418 valence electrons. The maximum Gasteiger partial charge on any atom is 0.305 e. The predicted molar refractivity (Wildman–Crippen MR) is 310 cm³/mol. The highest BCUT2D eigenvalue weighted by molar-refractivity contribution is 5.76. The molecule has 0 aromatic rings. The molecule has 0 aromatic heterocycles. The summed E-state index contributed by atoms with van der Waals surface area (Å²) in [7, 11) is 0. The number of unbranched alkanes of at least 4 members (excludes halogenated alkanes) is 42. The molecule has 0 heterocycles. The molecule has 0 rings (SSSR count). The summed E-state index contributed by atoms with van der Waals surface area (Å²) in [6.07, 6.45) is 75.8. The Labute approximate surface area is 443 Å². The van der Waals surface area contributed by atoms with Crippen LogP contribution >= 0.6 is 0 Å². The number of aliphatic hydroxyl groups excluding tert-OH is 2. The summed E-state index contributed by atoms with van der Waals surface area (Å²) in [4.78, 5) is 24.5. The van der Waals surface area contributed by atoms with Crippen molar-refractivity contribution < 1.29 is 24.5 Å². The Morgan fingerprint density at radius 2 is 0.704 bits per heavy atom. The van der Waals surface area contributed by atoms with Crippen LogP contribution in [0.15, 0.2) is 36.5 Å². The van der Waals surface area contributed by atoms with Crippen molar-refractivity contribution in [3.63, 3.8) is 0 Å². The van der Waals surface area contributed by atoms with Gasteiger partial charge in [-0.15, -0.1) is 0 Å². The summed E-state index contributed by atoms with van der Waals surface area (Å²) in [6.45, 7) is 4.95. The summed E-state index contributed by atoms with van der Waals surface area (Å²) >= 11 is 0. The first kappa shape index (κ1) is 69.1. The van der Waals surface area contributed by atoms with Gasteiger partial charge in [0, 0.05) is 12.8 Å². The Morgan fingerprint density at radius 3 is 1.08 bits per heavy atom. The molecule has 0 saturated heterocycles. The number of hydrogen-bond donors (Lipinski definition) is 3. The van der Waals surface area contributed by atoms with Gasteiger partial charge in [0.25, 0.3) is 0 Å². The number of hydrogen-bond acceptors (Lipinski definition) is 5. The topological polar surface area (TPSA) is 95.9 Å². The number of carbonyl (C=O) groups is 2. The van der Waals surface area contributed by atoms with Gasteiger partial charge in [-0.1, -0.05) is 281 Å². The van der Waals surface area contributed by atoms with E-state index in [-0.39, 0.29) is 18.5 Å². The highest BCUT2D eigenvalue weighted by Crippen LogP contribution is 2.17. The molecule has 0 radical (unpaired) electrons. The number of ether oxygens (including phenoxy) is 1. The lowest BCUT2D eigenvalue weighted by atomic mass is 10.0. The van der Waals surface area contributed by atoms with E-state index >= 15 is 0 Å². The minimum Gasteiger partial charge on any atom is -0.466 e. The van der Waals surface area contributed by atoms with Crippen molar-refractivity contribution in [2.75, 3.05) is 13.2 Å². The van der Waals surface area contributed by atoms with Gasteiger partial charge >= 0.3 is 5.97 Å². The van der Waals surface area contributed by atoms with Gasteiger partial charge in [0.05, 0.1) is 25.4 Å². The van der Waals surface area contributed by atoms with E-state index in [1.165, 1.54) is 250 Å². The van der Waals surface area contributed by atoms with E-state index in [1.54, 1.807) is 0 Å². The van der Waals surface area contributed by atoms with Crippen LogP contribution in [-0.4, -0.2) is 47.4 Å². The van der Waals surface area contributed by atoms with Crippen LogP contribution in [0.5, 0.6) is 0 Å². The number of nitrogens with one attached hydrogen (secondary N) is 1. The zero-order valence-electron chi connectivity index (χ0n) is 47.7. The molecule has 2 atom stereocenters. The fourth-order valence-corrected chi connectivity index (χ4v) is 9.78. The van der Waals surface area contributed by atoms with Crippen molar-refractivity contribution in [1.29, 1.82) is 0 Å². The Morgan fingerprint density at radius 1 is 0.394 bits per heavy atom. The van der Waals surface area contributed by atoms with Gasteiger partial charge in [-0.05, 0) is 83.5 Å². The van der Waals surface area contributed by atoms with Crippen LogP contribution in [0.2, 0.25) is 0 Å². The average Bonchev–Trinajstić information content (AvgIpc) is 3.37. The molecule has 0 fully saturated rings. The van der Waals surface area contributed by atoms with Crippen molar-refractivity contribution >= 4 is 11.9 Å². The molecule has 0 aliphatic heterocycles. The maximum atomic E-state index is 12.5. The molecule has 1 amide bonds. The third-order valence-electron chi connectivity index (χ3n) is 14.7. The zero-order valence-corrected chi connectivity index (χ0v) is 47.7. The number of rotatable bonds is 59. The quantitative estimate of drug-likeness (QED) is 0.0321. The second-order valence-corrected chi connectivity index (χ2v) is 21.7. The Kier molecular flexibility index (Phi) is 59.0. The highest BCUT2D eigenvalue weighted by atomic mass is 16.5. The van der Waals surface area contributed by atoms with Crippen molar-refractivity contribution in [2.24, 2.45) is 0 Å². The third kappa shape index (κ3) is 57.2. The summed E-state index contributed by atoms with van der Waals surface area (Å²) in [6, 6.07) is -0.549. The lowest BCUT2D eigenvalue weighted by molar-refractivity contribution is -0.143. The molecule has 2 unspecified atom stereocenters. The molecule has 0 aliphatic carbocycles. The summed E-state index contributed by atoms with van der Waals surface area (Å²) in [5, 5.41) is 23.3. The number of esters is 1. The second kappa shape index (κ2) is 60.6. The van der Waals surface area contributed by atoms with Crippen molar-refractivity contribution in [3.8, 4) is 0 Å². The van der Waals surface area contributed by atoms with Gasteiger partial charge in [0.15, 0.2) is 0 Å². The first-order chi connectivity index (χ1) is 35.0. The molecule has 6 nitrogen and oxygen atoms in total. The number of aliphatic hydroxyl groups is 2. The first-order valence-electron chi connectivity index (χ1n) is 31.7. The Balaban J connectivity index is 3.44. The van der Waals surface area contributed by atoms with Gasteiger partial charge < -0.3 is 20.3 Å². The van der Waals surface area contributed by atoms with E-state index in [0.29, 0.717) is 25.9 Å². The summed E-state index contributed by atoms with van der Waals surface area (Å²) in [5.41, 5.74) is 0. The van der Waals surface area contributed by atoms with Crippen LogP contribution < -0.4 is 5.32 Å². The van der Waals surface area contributed by atoms with Crippen molar-refractivity contribution in [1.82, 2.24) is 5.32 Å². The van der Waals surface area contributed by atoms with Gasteiger partial charge in [0.2, 0.25) is 5.91 Å². The number of amides is 1. The van der Waals surface area contributed by atoms with Gasteiger partial charge in [0.1, 0.15) is 0 Å². The molecule has 0 aliphatic rings. The Bertz CT molecular complexity index is 1150. The van der Waals surface area contributed by atoms with E-state index < -0.39 is 12.1 Å². The standard InChI is InChI=1S/C65H123NO5/c1-3-5-7-9-11-13-15-17-19-31-35-39-43-47-51-55-59-65(70)71-60-56-52-48-44-40-36-32-28-26-24-22-20-21-23-25-27-30-34-38-42-46-50-54-58-64(69)66-62(61-67)63(68)57-53-49-45-41-37-33-29-18-16-14-12-10-8-6-4-2/h19-20,22-23,25,31,62-63,67-68H,3-18,21,24,26-30,32-61H2,1-2H3,(H,66,69)/b22-20-,25-23-,31-19-. The lowest BCUT2D eigenvalue weighted by Crippen LogP contribution is -2.45. The van der Waals surface area contributed by atoms with Gasteiger partial charge in [-0.25, -0.2) is 0 Å². The fraction of sp³-hybridized carbons (Fsp3) is 0.877. The van der Waals surface area contributed by atoms with Crippen molar-refractivity contribution in [2.45, 2.75) is 353 Å². The first-order valence-corrected chi connectivity index (χ1v) is 31.7. The lowest BCUT2D eigenvalue weighted by Gasteiger charge is -2.22. The van der Waals surface area contributed by atoms with Crippen LogP contribution in [0.4, 0.5) is 0 Å². The van der Waals surface area contributed by atoms with Gasteiger partial charge in [-0.2, -0.15) is 0 Å². The molecular weight excluding hydrogens is 875 g/mol. The number of carbonyl (C=O) groups excluding carboxylic acids is 2. The zero-order chi connectivity index (χ0) is 51.4. The third-order valence-corrected chi connectivity index (χ3v) is 14.7. The van der Waals surface area contributed by atoms with E-state index in [0.717, 1.165) is 57.8 Å². The second-order valence-electron chi connectivity index (χ2n) is 21.7. The molecule has 0 aromatic carbocycles. The largest absolute Gasteiger partial charge is 0.466 e. The predicted octanol–water partition coefficient (Wildman–Crippen LogP) is 20.0. The molecule has 0 saturated carbocycles. The minimum absolute atomic E-state index is 0.000166. The van der Waals surface area contributed by atoms with E-state index in [1.807, 2.05) is 0 Å². The van der Waals surface area contributed by atoms with Crippen molar-refractivity contribution in [3.05, 3.63) is 36.5 Å². The van der Waals surface area contributed by atoms with E-state index in [2.05, 4.69) is 55.6 Å². The molecule has 71 heavy (non-hydrogen) atoms. The highest BCUT2D eigenvalue weighted by Gasteiger charge is 2.20. The fourth-order valence-electron chi connectivity index (χ4n) is 9.78. The maximum absolute atomic E-state index is 12.5. The molecule has 0 spiro atoms. The minimum atomic E-state index is -0.671. The molecular formula is C65H123NO5. The monoisotopic (exact) mass is 998 g/mol. The van der Waals surface area contributed by atoms with E-state index in [9.17, 15) is 19.8 Å². The SMILES string of the molecule is CCCCCCCCC/C=C\CCCCCCCC(=O)OCCCCCCCCCCC/C=C\C/C=C\CCCCCCCCCC(=O)NC(CO)C(O)CCCCCCCCCCCCCCCCC. The average molecular weight is 999 g/mol. The molecule has 3 N–H and O–H groups in total. The normalized spacial score (nSPS) is 12.8. The Hall–Kier alpha value is -1.92. The van der Waals surface area contributed by atoms with Crippen LogP contribution in [0.1, 0.15) is 341 Å². The molecule has 0 bridgehead atoms. The van der Waals surface area contributed by atoms with Gasteiger partial charge in [-0.3, -0.25) is 9.59 Å². The number of allylic oxidation sites excluding steroid dienone is 6.